The van der Waals surface area contributed by atoms with Gasteiger partial charge < -0.3 is 14.7 Å². The normalized spacial score (nSPS) is 19.9. The van der Waals surface area contributed by atoms with Gasteiger partial charge in [-0.05, 0) is 17.7 Å². The highest BCUT2D eigenvalue weighted by Gasteiger charge is 2.40. The first-order valence-corrected chi connectivity index (χ1v) is 7.88. The Labute approximate surface area is 140 Å². The standard InChI is InChI=1S/C19H19NO4/c21-18(13-24-15-9-5-2-6-10-15)20-11-16(17(12-20)19(22)23)14-7-3-1-4-8-14/h1-10,16-17H,11-13H2,(H,22,23)/t16-,17-/m1/s1. The van der Waals surface area contributed by atoms with Crippen LogP contribution in [0.15, 0.2) is 60.7 Å². The van der Waals surface area contributed by atoms with Crippen LogP contribution in [-0.2, 0) is 9.59 Å². The first-order valence-electron chi connectivity index (χ1n) is 7.88. The molecule has 2 aromatic carbocycles. The molecular weight excluding hydrogens is 306 g/mol. The summed E-state index contributed by atoms with van der Waals surface area (Å²) in [4.78, 5) is 25.5. The molecule has 0 radical (unpaired) electrons. The van der Waals surface area contributed by atoms with Gasteiger partial charge in [0.1, 0.15) is 5.75 Å². The van der Waals surface area contributed by atoms with Crippen LogP contribution in [0.5, 0.6) is 5.75 Å². The minimum Gasteiger partial charge on any atom is -0.484 e. The number of carboxylic acid groups (broad SMARTS) is 1. The van der Waals surface area contributed by atoms with Gasteiger partial charge in [-0.25, -0.2) is 0 Å². The van der Waals surface area contributed by atoms with Crippen LogP contribution in [0.2, 0.25) is 0 Å². The van der Waals surface area contributed by atoms with E-state index in [1.165, 1.54) is 0 Å². The molecule has 0 aliphatic carbocycles. The zero-order valence-corrected chi connectivity index (χ0v) is 13.2. The van der Waals surface area contributed by atoms with Crippen LogP contribution in [0.3, 0.4) is 0 Å². The number of likely N-dealkylation sites (tertiary alicyclic amines) is 1. The smallest absolute Gasteiger partial charge is 0.308 e. The Kier molecular flexibility index (Phi) is 4.79. The first-order chi connectivity index (χ1) is 11.6. The monoisotopic (exact) mass is 325 g/mol. The van der Waals surface area contributed by atoms with Gasteiger partial charge in [-0.2, -0.15) is 0 Å². The zero-order chi connectivity index (χ0) is 16.9. The average molecular weight is 325 g/mol. The number of para-hydroxylation sites is 1. The van der Waals surface area contributed by atoms with E-state index >= 15 is 0 Å². The van der Waals surface area contributed by atoms with Crippen LogP contribution in [0.4, 0.5) is 0 Å². The molecule has 5 nitrogen and oxygen atoms in total. The Hall–Kier alpha value is -2.82. The number of nitrogens with zero attached hydrogens (tertiary/aromatic N) is 1. The minimum absolute atomic E-state index is 0.0855. The highest BCUT2D eigenvalue weighted by Crippen LogP contribution is 2.32. The highest BCUT2D eigenvalue weighted by atomic mass is 16.5. The Balaban J connectivity index is 1.66. The summed E-state index contributed by atoms with van der Waals surface area (Å²) in [5, 5.41) is 9.48. The summed E-state index contributed by atoms with van der Waals surface area (Å²) < 4.78 is 5.48. The van der Waals surface area contributed by atoms with Crippen molar-refractivity contribution >= 4 is 11.9 Å². The van der Waals surface area contributed by atoms with Gasteiger partial charge in [0.15, 0.2) is 6.61 Å². The van der Waals surface area contributed by atoms with Crippen molar-refractivity contribution in [1.29, 1.82) is 0 Å². The maximum absolute atomic E-state index is 12.4. The van der Waals surface area contributed by atoms with Crippen LogP contribution < -0.4 is 4.74 Å². The van der Waals surface area contributed by atoms with E-state index < -0.39 is 11.9 Å². The molecule has 1 aliphatic rings. The first kappa shape index (κ1) is 16.1. The van der Waals surface area contributed by atoms with E-state index in [1.807, 2.05) is 48.5 Å². The molecule has 0 saturated carbocycles. The number of hydrogen-bond acceptors (Lipinski definition) is 3. The van der Waals surface area contributed by atoms with Crippen molar-refractivity contribution in [3.05, 3.63) is 66.2 Å². The summed E-state index contributed by atoms with van der Waals surface area (Å²) >= 11 is 0. The molecule has 3 rings (SSSR count). The van der Waals surface area contributed by atoms with E-state index in [0.29, 0.717) is 12.3 Å². The van der Waals surface area contributed by atoms with Gasteiger partial charge in [0, 0.05) is 19.0 Å². The number of amides is 1. The van der Waals surface area contributed by atoms with Crippen molar-refractivity contribution in [2.75, 3.05) is 19.7 Å². The predicted molar refractivity (Wildman–Crippen MR) is 88.8 cm³/mol. The second kappa shape index (κ2) is 7.17. The van der Waals surface area contributed by atoms with Crippen LogP contribution in [0.25, 0.3) is 0 Å². The number of carbonyl (C=O) groups excluding carboxylic acids is 1. The van der Waals surface area contributed by atoms with Crippen molar-refractivity contribution < 1.29 is 19.4 Å². The fourth-order valence-electron chi connectivity index (χ4n) is 3.05. The van der Waals surface area contributed by atoms with Crippen molar-refractivity contribution in [2.24, 2.45) is 5.92 Å². The lowest BCUT2D eigenvalue weighted by atomic mass is 9.89. The number of carboxylic acids is 1. The maximum atomic E-state index is 12.4. The molecule has 124 valence electrons. The Morgan fingerprint density at radius 1 is 1.00 bits per heavy atom. The van der Waals surface area contributed by atoms with E-state index in [9.17, 15) is 14.7 Å². The fraction of sp³-hybridized carbons (Fsp3) is 0.263. The van der Waals surface area contributed by atoms with Crippen LogP contribution >= 0.6 is 0 Å². The van der Waals surface area contributed by atoms with Crippen molar-refractivity contribution in [1.82, 2.24) is 4.90 Å². The molecule has 1 fully saturated rings. The fourth-order valence-corrected chi connectivity index (χ4v) is 3.05. The second-order valence-corrected chi connectivity index (χ2v) is 5.86. The largest absolute Gasteiger partial charge is 0.484 e. The van der Waals surface area contributed by atoms with Gasteiger partial charge in [0.05, 0.1) is 5.92 Å². The number of ether oxygens (including phenoxy) is 1. The lowest BCUT2D eigenvalue weighted by Crippen LogP contribution is -2.33. The third-order valence-corrected chi connectivity index (χ3v) is 4.32. The van der Waals surface area contributed by atoms with Crippen LogP contribution in [0, 0.1) is 5.92 Å². The molecule has 2 atom stereocenters. The summed E-state index contributed by atoms with van der Waals surface area (Å²) in [6.45, 7) is 0.529. The maximum Gasteiger partial charge on any atom is 0.308 e. The van der Waals surface area contributed by atoms with E-state index in [0.717, 1.165) is 5.56 Å². The Bertz CT molecular complexity index is 702. The predicted octanol–water partition coefficient (Wildman–Crippen LogP) is 2.39. The molecule has 5 heteroatoms. The molecule has 0 unspecified atom stereocenters. The van der Waals surface area contributed by atoms with Gasteiger partial charge in [0.25, 0.3) is 5.91 Å². The third kappa shape index (κ3) is 3.56. The van der Waals surface area contributed by atoms with Crippen molar-refractivity contribution in [2.45, 2.75) is 5.92 Å². The summed E-state index contributed by atoms with van der Waals surface area (Å²) in [5.74, 6) is -1.22. The molecular formula is C19H19NO4. The molecule has 1 aliphatic heterocycles. The number of carbonyl (C=O) groups is 2. The van der Waals surface area contributed by atoms with E-state index in [2.05, 4.69) is 0 Å². The minimum atomic E-state index is -0.872. The Morgan fingerprint density at radius 3 is 2.25 bits per heavy atom. The molecule has 2 aromatic rings. The summed E-state index contributed by atoms with van der Waals surface area (Å²) in [6.07, 6.45) is 0. The lowest BCUT2D eigenvalue weighted by Gasteiger charge is -2.17. The summed E-state index contributed by atoms with van der Waals surface area (Å²) in [5.41, 5.74) is 0.948. The average Bonchev–Trinajstić information content (AvgIpc) is 3.07. The number of rotatable bonds is 5. The van der Waals surface area contributed by atoms with Crippen molar-refractivity contribution in [3.8, 4) is 5.75 Å². The third-order valence-electron chi connectivity index (χ3n) is 4.32. The molecule has 1 saturated heterocycles. The van der Waals surface area contributed by atoms with E-state index in [-0.39, 0.29) is 25.0 Å². The van der Waals surface area contributed by atoms with Gasteiger partial charge in [-0.1, -0.05) is 48.5 Å². The lowest BCUT2D eigenvalue weighted by molar-refractivity contribution is -0.142. The quantitative estimate of drug-likeness (QED) is 0.916. The molecule has 0 bridgehead atoms. The topological polar surface area (TPSA) is 66.8 Å². The number of hydrogen-bond donors (Lipinski definition) is 1. The van der Waals surface area contributed by atoms with E-state index in [4.69, 9.17) is 4.74 Å². The number of benzene rings is 2. The molecule has 1 N–H and O–H groups in total. The van der Waals surface area contributed by atoms with Gasteiger partial charge >= 0.3 is 5.97 Å². The molecule has 1 amide bonds. The van der Waals surface area contributed by atoms with E-state index in [1.54, 1.807) is 17.0 Å². The van der Waals surface area contributed by atoms with Crippen LogP contribution in [-0.4, -0.2) is 41.6 Å². The van der Waals surface area contributed by atoms with Gasteiger partial charge in [0.2, 0.25) is 0 Å². The molecule has 0 spiro atoms. The Morgan fingerprint density at radius 2 is 1.62 bits per heavy atom. The SMILES string of the molecule is O=C(O)[C@@H]1CN(C(=O)COc2ccccc2)C[C@@H]1c1ccccc1. The van der Waals surface area contributed by atoms with Gasteiger partial charge in [-0.15, -0.1) is 0 Å². The second-order valence-electron chi connectivity index (χ2n) is 5.86. The highest BCUT2D eigenvalue weighted by molar-refractivity contribution is 5.80. The van der Waals surface area contributed by atoms with Gasteiger partial charge in [-0.3, -0.25) is 9.59 Å². The zero-order valence-electron chi connectivity index (χ0n) is 13.2. The van der Waals surface area contributed by atoms with Crippen molar-refractivity contribution in [3.63, 3.8) is 0 Å². The molecule has 1 heterocycles. The summed E-state index contributed by atoms with van der Waals surface area (Å²) in [6, 6.07) is 18.6. The molecule has 24 heavy (non-hydrogen) atoms. The number of aliphatic carboxylic acids is 1. The summed E-state index contributed by atoms with van der Waals surface area (Å²) in [7, 11) is 0. The molecule has 0 aromatic heterocycles. The van der Waals surface area contributed by atoms with Crippen LogP contribution in [0.1, 0.15) is 11.5 Å².